The van der Waals surface area contributed by atoms with E-state index >= 15 is 0 Å². The van der Waals surface area contributed by atoms with Crippen molar-refractivity contribution in [1.82, 2.24) is 9.88 Å². The molecule has 1 aromatic carbocycles. The van der Waals surface area contributed by atoms with Crippen LogP contribution in [0.3, 0.4) is 0 Å². The van der Waals surface area contributed by atoms with Crippen LogP contribution in [0, 0.1) is 5.92 Å². The molecular weight excluding hydrogens is 383 g/mol. The molecule has 4 heterocycles. The summed E-state index contributed by atoms with van der Waals surface area (Å²) in [6, 6.07) is 8.47. The summed E-state index contributed by atoms with van der Waals surface area (Å²) >= 11 is 0. The normalized spacial score (nSPS) is 26.2. The summed E-state index contributed by atoms with van der Waals surface area (Å²) in [4.78, 5) is 19.0. The number of pyridine rings is 1. The van der Waals surface area contributed by atoms with Gasteiger partial charge in [-0.25, -0.2) is 4.79 Å². The summed E-state index contributed by atoms with van der Waals surface area (Å²) in [6.07, 6.45) is 0.646. The van der Waals surface area contributed by atoms with E-state index in [1.807, 2.05) is 18.3 Å². The minimum absolute atomic E-state index is 0.0407. The van der Waals surface area contributed by atoms with Crippen LogP contribution in [-0.2, 0) is 17.3 Å². The molecule has 0 saturated carbocycles. The Morgan fingerprint density at radius 2 is 2.00 bits per heavy atom. The first-order valence-corrected chi connectivity index (χ1v) is 9.68. The fourth-order valence-corrected chi connectivity index (χ4v) is 4.33. The van der Waals surface area contributed by atoms with E-state index in [4.69, 9.17) is 4.74 Å². The minimum atomic E-state index is -4.47. The van der Waals surface area contributed by atoms with Crippen molar-refractivity contribution in [3.63, 3.8) is 0 Å². The smallest absolute Gasteiger partial charge is 0.416 e. The van der Waals surface area contributed by atoms with Gasteiger partial charge in [0.05, 0.1) is 11.6 Å². The van der Waals surface area contributed by atoms with Gasteiger partial charge < -0.3 is 4.74 Å². The molecule has 3 fully saturated rings. The van der Waals surface area contributed by atoms with Gasteiger partial charge in [-0.15, -0.1) is 0 Å². The third-order valence-corrected chi connectivity index (χ3v) is 5.73. The van der Waals surface area contributed by atoms with Gasteiger partial charge in [0, 0.05) is 24.0 Å². The third-order valence-electron chi connectivity index (χ3n) is 5.73. The molecule has 3 saturated heterocycles. The molecule has 154 valence electrons. The maximum Gasteiger partial charge on any atom is 0.416 e. The van der Waals surface area contributed by atoms with Gasteiger partial charge in [0.2, 0.25) is 0 Å². The topological polar surface area (TPSA) is 54.5 Å². The molecule has 0 spiro atoms. The number of anilines is 1. The highest BCUT2D eigenvalue weighted by Gasteiger charge is 2.44. The lowest BCUT2D eigenvalue weighted by molar-refractivity contribution is -0.137. The van der Waals surface area contributed by atoms with Gasteiger partial charge in [-0.05, 0) is 62.2 Å². The molecule has 0 radical (unpaired) electrons. The fourth-order valence-electron chi connectivity index (χ4n) is 4.33. The van der Waals surface area contributed by atoms with Gasteiger partial charge in [-0.3, -0.25) is 15.2 Å². The second-order valence-electron chi connectivity index (χ2n) is 7.58. The number of fused-ring (bicyclic) bond motifs is 3. The Morgan fingerprint density at radius 1 is 1.21 bits per heavy atom. The molecule has 1 N–H and O–H groups in total. The van der Waals surface area contributed by atoms with E-state index in [2.05, 4.69) is 15.2 Å². The summed E-state index contributed by atoms with van der Waals surface area (Å²) in [5.41, 5.74) is 0.319. The Labute approximate surface area is 166 Å². The van der Waals surface area contributed by atoms with Gasteiger partial charge in [-0.2, -0.15) is 13.2 Å². The van der Waals surface area contributed by atoms with E-state index in [0.29, 0.717) is 6.42 Å². The largest absolute Gasteiger partial charge is 0.444 e. The van der Waals surface area contributed by atoms with Crippen LogP contribution in [0.1, 0.15) is 24.0 Å². The fraction of sp³-hybridized carbons (Fsp3) is 0.429. The molecule has 5 nitrogen and oxygen atoms in total. The van der Waals surface area contributed by atoms with Crippen LogP contribution < -0.4 is 5.32 Å². The average molecular weight is 405 g/mol. The number of alkyl halides is 3. The number of piperidine rings is 3. The molecule has 2 unspecified atom stereocenters. The zero-order chi connectivity index (χ0) is 20.4. The van der Waals surface area contributed by atoms with Crippen LogP contribution in [0.2, 0.25) is 0 Å². The number of halogens is 3. The van der Waals surface area contributed by atoms with Crippen LogP contribution in [0.15, 0.2) is 48.8 Å². The predicted octanol–water partition coefficient (Wildman–Crippen LogP) is 4.35. The number of carbonyl (C=O) groups excluding carboxylic acids is 1. The molecule has 3 aliphatic rings. The first kappa shape index (κ1) is 19.7. The van der Waals surface area contributed by atoms with Crippen LogP contribution >= 0.6 is 0 Å². The maximum absolute atomic E-state index is 12.9. The highest BCUT2D eigenvalue weighted by Crippen LogP contribution is 2.36. The molecular formula is C21H22F3N3O2. The maximum atomic E-state index is 12.9. The molecule has 3 aliphatic heterocycles. The highest BCUT2D eigenvalue weighted by molar-refractivity contribution is 5.84. The van der Waals surface area contributed by atoms with E-state index in [0.717, 1.165) is 43.6 Å². The van der Waals surface area contributed by atoms with Gasteiger partial charge in [0.25, 0.3) is 0 Å². The SMILES string of the molecule is O=C(Nc1cccc(C(F)(F)F)c1)OC1C2CCN(CC2)C1Cc1cccnc1. The minimum Gasteiger partial charge on any atom is -0.444 e. The van der Waals surface area contributed by atoms with E-state index in [1.165, 1.54) is 12.1 Å². The van der Waals surface area contributed by atoms with Gasteiger partial charge in [0.1, 0.15) is 6.10 Å². The summed E-state index contributed by atoms with van der Waals surface area (Å²) in [5, 5.41) is 2.45. The standard InChI is InChI=1S/C21H22F3N3O2/c22-21(23,24)16-4-1-5-17(12-16)26-20(28)29-19-15-6-9-27(10-7-15)18(19)11-14-3-2-8-25-13-14/h1-5,8,12-13,15,18-19H,6-7,9-11H2,(H,26,28). The summed E-state index contributed by atoms with van der Waals surface area (Å²) < 4.78 is 44.4. The summed E-state index contributed by atoms with van der Waals surface area (Å²) in [5.74, 6) is 0.258. The van der Waals surface area contributed by atoms with E-state index in [-0.39, 0.29) is 23.8 Å². The van der Waals surface area contributed by atoms with Crippen molar-refractivity contribution in [3.8, 4) is 0 Å². The van der Waals surface area contributed by atoms with Crippen LogP contribution in [0.25, 0.3) is 0 Å². The molecule has 2 atom stereocenters. The number of benzene rings is 1. The predicted molar refractivity (Wildman–Crippen MR) is 101 cm³/mol. The quantitative estimate of drug-likeness (QED) is 0.822. The van der Waals surface area contributed by atoms with Crippen molar-refractivity contribution >= 4 is 11.8 Å². The Morgan fingerprint density at radius 3 is 2.69 bits per heavy atom. The number of nitrogens with one attached hydrogen (secondary N) is 1. The number of aromatic nitrogens is 1. The van der Waals surface area contributed by atoms with E-state index in [1.54, 1.807) is 6.20 Å². The van der Waals surface area contributed by atoms with E-state index in [9.17, 15) is 18.0 Å². The summed E-state index contributed by atoms with van der Waals surface area (Å²) in [7, 11) is 0. The molecule has 0 aliphatic carbocycles. The molecule has 5 rings (SSSR count). The third kappa shape index (κ3) is 4.53. The lowest BCUT2D eigenvalue weighted by atomic mass is 9.78. The zero-order valence-electron chi connectivity index (χ0n) is 15.7. The number of carbonyl (C=O) groups is 1. The number of nitrogens with zero attached hydrogens (tertiary/aromatic N) is 2. The Kier molecular flexibility index (Phi) is 5.45. The second kappa shape index (κ2) is 8.02. The van der Waals surface area contributed by atoms with Crippen LogP contribution in [-0.4, -0.2) is 41.2 Å². The second-order valence-corrected chi connectivity index (χ2v) is 7.58. The molecule has 1 amide bonds. The van der Waals surface area contributed by atoms with Crippen LogP contribution in [0.5, 0.6) is 0 Å². The lowest BCUT2D eigenvalue weighted by Gasteiger charge is -2.50. The average Bonchev–Trinajstić information content (AvgIpc) is 2.71. The number of hydrogen-bond acceptors (Lipinski definition) is 4. The van der Waals surface area contributed by atoms with Crippen molar-refractivity contribution in [2.75, 3.05) is 18.4 Å². The van der Waals surface area contributed by atoms with Gasteiger partial charge in [-0.1, -0.05) is 12.1 Å². The van der Waals surface area contributed by atoms with Crippen molar-refractivity contribution in [1.29, 1.82) is 0 Å². The number of amides is 1. The van der Waals surface area contributed by atoms with Crippen molar-refractivity contribution in [2.45, 2.75) is 37.6 Å². The number of rotatable bonds is 4. The Balaban J connectivity index is 1.46. The zero-order valence-corrected chi connectivity index (χ0v) is 15.7. The highest BCUT2D eigenvalue weighted by atomic mass is 19.4. The summed E-state index contributed by atoms with van der Waals surface area (Å²) in [6.45, 7) is 1.93. The van der Waals surface area contributed by atoms with E-state index < -0.39 is 17.8 Å². The van der Waals surface area contributed by atoms with Crippen LogP contribution in [0.4, 0.5) is 23.7 Å². The number of hydrogen-bond donors (Lipinski definition) is 1. The van der Waals surface area contributed by atoms with Crippen molar-refractivity contribution in [2.24, 2.45) is 5.92 Å². The Bertz CT molecular complexity index is 852. The molecule has 1 aromatic heterocycles. The molecule has 8 heteroatoms. The Hall–Kier alpha value is -2.61. The first-order chi connectivity index (χ1) is 13.9. The number of ether oxygens (including phenoxy) is 1. The monoisotopic (exact) mass is 405 g/mol. The van der Waals surface area contributed by atoms with Crippen molar-refractivity contribution < 1.29 is 22.7 Å². The van der Waals surface area contributed by atoms with Gasteiger partial charge >= 0.3 is 12.3 Å². The molecule has 29 heavy (non-hydrogen) atoms. The van der Waals surface area contributed by atoms with Gasteiger partial charge in [0.15, 0.2) is 0 Å². The molecule has 2 bridgehead atoms. The molecule has 2 aromatic rings. The van der Waals surface area contributed by atoms with Crippen molar-refractivity contribution in [3.05, 3.63) is 59.9 Å². The first-order valence-electron chi connectivity index (χ1n) is 9.68. The lowest BCUT2D eigenvalue weighted by Crippen LogP contribution is -2.60.